The molecule has 0 radical (unpaired) electrons. The van der Waals surface area contributed by atoms with Crippen LogP contribution < -0.4 is 14.8 Å². The van der Waals surface area contributed by atoms with E-state index in [9.17, 15) is 0 Å². The van der Waals surface area contributed by atoms with Crippen LogP contribution in [0.1, 0.15) is 57.1 Å². The number of hydrogen-bond acceptors (Lipinski definition) is 3. The van der Waals surface area contributed by atoms with Gasteiger partial charge in [-0.15, -0.1) is 0 Å². The van der Waals surface area contributed by atoms with E-state index in [2.05, 4.69) is 24.4 Å². The van der Waals surface area contributed by atoms with Crippen molar-refractivity contribution in [3.63, 3.8) is 0 Å². The highest BCUT2D eigenvalue weighted by molar-refractivity contribution is 5.44. The number of benzene rings is 1. The van der Waals surface area contributed by atoms with Gasteiger partial charge in [-0.3, -0.25) is 0 Å². The van der Waals surface area contributed by atoms with Gasteiger partial charge in [0.15, 0.2) is 11.5 Å². The minimum atomic E-state index is 0.410. The highest BCUT2D eigenvalue weighted by Crippen LogP contribution is 2.33. The van der Waals surface area contributed by atoms with Gasteiger partial charge in [0.1, 0.15) is 13.2 Å². The number of fused-ring (bicyclic) bond motifs is 1. The summed E-state index contributed by atoms with van der Waals surface area (Å²) in [5.41, 5.74) is 1.30. The van der Waals surface area contributed by atoms with Gasteiger partial charge in [-0.05, 0) is 31.2 Å². The van der Waals surface area contributed by atoms with E-state index in [1.165, 1.54) is 44.1 Å². The first kappa shape index (κ1) is 15.2. The average molecular weight is 277 g/mol. The van der Waals surface area contributed by atoms with Gasteiger partial charge in [0.25, 0.3) is 0 Å². The Bertz CT molecular complexity index is 406. The maximum atomic E-state index is 5.66. The van der Waals surface area contributed by atoms with E-state index in [0.29, 0.717) is 19.3 Å². The molecule has 112 valence electrons. The Hall–Kier alpha value is -1.22. The lowest BCUT2D eigenvalue weighted by molar-refractivity contribution is 0.171. The average Bonchev–Trinajstić information content (AvgIpc) is 2.50. The smallest absolute Gasteiger partial charge is 0.161 e. The zero-order valence-electron chi connectivity index (χ0n) is 12.8. The molecular formula is C17H27NO2. The summed E-state index contributed by atoms with van der Waals surface area (Å²) in [4.78, 5) is 0. The molecule has 0 amide bonds. The van der Waals surface area contributed by atoms with Gasteiger partial charge in [-0.1, -0.05) is 45.1 Å². The summed E-state index contributed by atoms with van der Waals surface area (Å²) >= 11 is 0. The second-order valence-corrected chi connectivity index (χ2v) is 5.45. The minimum absolute atomic E-state index is 0.410. The molecule has 1 atom stereocenters. The number of ether oxygens (including phenoxy) is 2. The van der Waals surface area contributed by atoms with Crippen molar-refractivity contribution >= 4 is 0 Å². The fourth-order valence-electron chi connectivity index (χ4n) is 2.71. The number of unbranched alkanes of at least 4 members (excludes halogenated alkanes) is 4. The van der Waals surface area contributed by atoms with Crippen molar-refractivity contribution in [1.82, 2.24) is 5.32 Å². The quantitative estimate of drug-likeness (QED) is 0.726. The van der Waals surface area contributed by atoms with E-state index in [1.807, 2.05) is 13.1 Å². The summed E-state index contributed by atoms with van der Waals surface area (Å²) in [7, 11) is 2.04. The molecule has 1 N–H and O–H groups in total. The summed E-state index contributed by atoms with van der Waals surface area (Å²) in [6, 6.07) is 6.72. The zero-order valence-corrected chi connectivity index (χ0v) is 12.8. The Morgan fingerprint density at radius 1 is 1.05 bits per heavy atom. The third-order valence-electron chi connectivity index (χ3n) is 3.91. The predicted molar refractivity (Wildman–Crippen MR) is 82.6 cm³/mol. The molecule has 0 aliphatic carbocycles. The molecule has 3 heteroatoms. The first-order valence-corrected chi connectivity index (χ1v) is 7.92. The molecule has 0 fully saturated rings. The molecule has 1 aliphatic rings. The van der Waals surface area contributed by atoms with E-state index < -0.39 is 0 Å². The summed E-state index contributed by atoms with van der Waals surface area (Å²) < 4.78 is 11.2. The van der Waals surface area contributed by atoms with Crippen LogP contribution in [0.5, 0.6) is 11.5 Å². The summed E-state index contributed by atoms with van der Waals surface area (Å²) in [5.74, 6) is 1.76. The molecule has 0 saturated carbocycles. The van der Waals surface area contributed by atoms with Gasteiger partial charge in [0.2, 0.25) is 0 Å². The van der Waals surface area contributed by atoms with Gasteiger partial charge in [-0.25, -0.2) is 0 Å². The Balaban J connectivity index is 1.90. The van der Waals surface area contributed by atoms with Crippen molar-refractivity contribution in [3.8, 4) is 11.5 Å². The number of rotatable bonds is 8. The van der Waals surface area contributed by atoms with Crippen molar-refractivity contribution in [2.75, 3.05) is 20.3 Å². The molecule has 1 aromatic carbocycles. The second-order valence-electron chi connectivity index (χ2n) is 5.45. The first-order chi connectivity index (χ1) is 9.85. The van der Waals surface area contributed by atoms with Crippen molar-refractivity contribution in [1.29, 1.82) is 0 Å². The van der Waals surface area contributed by atoms with Gasteiger partial charge >= 0.3 is 0 Å². The third-order valence-corrected chi connectivity index (χ3v) is 3.91. The van der Waals surface area contributed by atoms with Gasteiger partial charge in [0.05, 0.1) is 0 Å². The Morgan fingerprint density at radius 3 is 2.55 bits per heavy atom. The molecule has 0 bridgehead atoms. The Kier molecular flexibility index (Phi) is 6.19. The minimum Gasteiger partial charge on any atom is -0.486 e. The molecule has 20 heavy (non-hydrogen) atoms. The SMILES string of the molecule is CCCCCCCC(NC)c1ccc2c(c1)OCCO2. The van der Waals surface area contributed by atoms with Crippen molar-refractivity contribution in [3.05, 3.63) is 23.8 Å². The van der Waals surface area contributed by atoms with E-state index in [4.69, 9.17) is 9.47 Å². The fourth-order valence-corrected chi connectivity index (χ4v) is 2.71. The predicted octanol–water partition coefficient (Wildman–Crippen LogP) is 4.08. The van der Waals surface area contributed by atoms with Crippen LogP contribution in [0, 0.1) is 0 Å². The van der Waals surface area contributed by atoms with Crippen LogP contribution in [0.15, 0.2) is 18.2 Å². The maximum Gasteiger partial charge on any atom is 0.161 e. The normalized spacial score (nSPS) is 15.1. The highest BCUT2D eigenvalue weighted by atomic mass is 16.6. The van der Waals surface area contributed by atoms with Gasteiger partial charge in [-0.2, -0.15) is 0 Å². The molecule has 0 saturated heterocycles. The van der Waals surface area contributed by atoms with Crippen LogP contribution >= 0.6 is 0 Å². The monoisotopic (exact) mass is 277 g/mol. The molecule has 1 heterocycles. The Labute approximate surface area is 122 Å². The lowest BCUT2D eigenvalue weighted by Crippen LogP contribution is -2.18. The van der Waals surface area contributed by atoms with E-state index in [-0.39, 0.29) is 0 Å². The first-order valence-electron chi connectivity index (χ1n) is 7.92. The number of nitrogens with one attached hydrogen (secondary N) is 1. The molecule has 1 unspecified atom stereocenters. The van der Waals surface area contributed by atoms with E-state index >= 15 is 0 Å². The molecule has 0 spiro atoms. The summed E-state index contributed by atoms with van der Waals surface area (Å²) in [6.07, 6.45) is 7.80. The fraction of sp³-hybridized carbons (Fsp3) is 0.647. The zero-order chi connectivity index (χ0) is 14.2. The van der Waals surface area contributed by atoms with E-state index in [0.717, 1.165) is 11.5 Å². The molecule has 3 nitrogen and oxygen atoms in total. The maximum absolute atomic E-state index is 5.66. The van der Waals surface area contributed by atoms with Crippen LogP contribution in [0.3, 0.4) is 0 Å². The van der Waals surface area contributed by atoms with Gasteiger partial charge < -0.3 is 14.8 Å². The van der Waals surface area contributed by atoms with E-state index in [1.54, 1.807) is 0 Å². The molecule has 1 aliphatic heterocycles. The number of hydrogen-bond donors (Lipinski definition) is 1. The van der Waals surface area contributed by atoms with Gasteiger partial charge in [0, 0.05) is 6.04 Å². The van der Waals surface area contributed by atoms with Crippen molar-refractivity contribution in [2.24, 2.45) is 0 Å². The summed E-state index contributed by atoms with van der Waals surface area (Å²) in [6.45, 7) is 3.56. The van der Waals surface area contributed by atoms with Crippen LogP contribution in [-0.4, -0.2) is 20.3 Å². The standard InChI is InChI=1S/C17H27NO2/c1-3-4-5-6-7-8-15(18-2)14-9-10-16-17(13-14)20-12-11-19-16/h9-10,13,15,18H,3-8,11-12H2,1-2H3. The van der Waals surface area contributed by atoms with Crippen LogP contribution in [-0.2, 0) is 0 Å². The highest BCUT2D eigenvalue weighted by Gasteiger charge is 2.15. The molecule has 1 aromatic rings. The lowest BCUT2D eigenvalue weighted by atomic mass is 9.99. The van der Waals surface area contributed by atoms with Crippen molar-refractivity contribution in [2.45, 2.75) is 51.5 Å². The third kappa shape index (κ3) is 4.14. The van der Waals surface area contributed by atoms with Crippen molar-refractivity contribution < 1.29 is 9.47 Å². The van der Waals surface area contributed by atoms with Crippen LogP contribution in [0.4, 0.5) is 0 Å². The van der Waals surface area contributed by atoms with Crippen LogP contribution in [0.2, 0.25) is 0 Å². The Morgan fingerprint density at radius 2 is 1.80 bits per heavy atom. The summed E-state index contributed by atoms with van der Waals surface area (Å²) in [5, 5.41) is 3.42. The van der Waals surface area contributed by atoms with Crippen LogP contribution in [0.25, 0.3) is 0 Å². The second kappa shape index (κ2) is 8.15. The molecular weight excluding hydrogens is 250 g/mol. The molecule has 0 aromatic heterocycles. The largest absolute Gasteiger partial charge is 0.486 e. The lowest BCUT2D eigenvalue weighted by Gasteiger charge is -2.22. The molecule has 2 rings (SSSR count). The topological polar surface area (TPSA) is 30.5 Å².